The second-order valence-electron chi connectivity index (χ2n) is 11.2. The Hall–Kier alpha value is -2.93. The maximum absolute atomic E-state index is 13.5. The van der Waals surface area contributed by atoms with Gasteiger partial charge in [-0.05, 0) is 92.9 Å². The minimum absolute atomic E-state index is 0.0000365. The third-order valence-electron chi connectivity index (χ3n) is 9.06. The molecule has 7 heteroatoms. The number of aromatic nitrogens is 3. The van der Waals surface area contributed by atoms with Gasteiger partial charge in [0.2, 0.25) is 14.9 Å². The zero-order valence-corrected chi connectivity index (χ0v) is 20.7. The molecule has 0 spiro atoms. The molecule has 180 valence electrons. The number of benzene rings is 2. The molecule has 4 bridgehead atoms. The average Bonchev–Trinajstić information content (AvgIpc) is 3.29. The first-order valence-electron chi connectivity index (χ1n) is 12.8. The summed E-state index contributed by atoms with van der Waals surface area (Å²) in [5.74, 6) is 2.64. The third kappa shape index (κ3) is 3.24. The van der Waals surface area contributed by atoms with Gasteiger partial charge >= 0.3 is 0 Å². The SMILES string of the molecule is C[C@H](Nc1cc2c(S(=O)(=O)c3ccccc3)nnn2c2ccccc12)C12CC3CC(CC(C3)C1)C2. The van der Waals surface area contributed by atoms with Gasteiger partial charge in [-0.1, -0.05) is 41.6 Å². The summed E-state index contributed by atoms with van der Waals surface area (Å²) in [7, 11) is -3.80. The largest absolute Gasteiger partial charge is 0.381 e. The molecule has 1 N–H and O–H groups in total. The van der Waals surface area contributed by atoms with Crippen LogP contribution in [0.15, 0.2) is 70.6 Å². The van der Waals surface area contributed by atoms with Gasteiger partial charge in [0.05, 0.1) is 10.4 Å². The lowest BCUT2D eigenvalue weighted by molar-refractivity contribution is -0.0602. The van der Waals surface area contributed by atoms with Crippen LogP contribution >= 0.6 is 0 Å². The zero-order chi connectivity index (χ0) is 23.8. The van der Waals surface area contributed by atoms with E-state index in [-0.39, 0.29) is 9.92 Å². The van der Waals surface area contributed by atoms with Gasteiger partial charge in [0.25, 0.3) is 0 Å². The fourth-order valence-electron chi connectivity index (χ4n) is 7.79. The third-order valence-corrected chi connectivity index (χ3v) is 10.8. The Kier molecular flexibility index (Phi) is 4.60. The van der Waals surface area contributed by atoms with Crippen LogP contribution in [0.3, 0.4) is 0 Å². The van der Waals surface area contributed by atoms with Gasteiger partial charge in [-0.2, -0.15) is 0 Å². The molecule has 4 fully saturated rings. The van der Waals surface area contributed by atoms with Gasteiger partial charge in [-0.3, -0.25) is 0 Å². The number of pyridine rings is 1. The Balaban J connectivity index is 1.34. The molecule has 4 aromatic rings. The molecule has 0 unspecified atom stereocenters. The van der Waals surface area contributed by atoms with E-state index < -0.39 is 9.84 Å². The molecule has 4 saturated carbocycles. The maximum Gasteiger partial charge on any atom is 0.227 e. The number of rotatable bonds is 5. The van der Waals surface area contributed by atoms with Gasteiger partial charge in [-0.15, -0.1) is 5.10 Å². The molecule has 0 radical (unpaired) electrons. The Bertz CT molecular complexity index is 1510. The van der Waals surface area contributed by atoms with Crippen molar-refractivity contribution in [3.05, 3.63) is 60.7 Å². The summed E-state index contributed by atoms with van der Waals surface area (Å²) in [5, 5.41) is 13.3. The molecule has 8 rings (SSSR count). The summed E-state index contributed by atoms with van der Waals surface area (Å²) in [6, 6.07) is 18.8. The van der Waals surface area contributed by atoms with Gasteiger partial charge in [0, 0.05) is 17.1 Å². The van der Waals surface area contributed by atoms with E-state index in [1.807, 2.05) is 30.3 Å². The number of fused-ring (bicyclic) bond motifs is 3. The van der Waals surface area contributed by atoms with E-state index in [9.17, 15) is 8.42 Å². The summed E-state index contributed by atoms with van der Waals surface area (Å²) < 4.78 is 28.6. The lowest BCUT2D eigenvalue weighted by Gasteiger charge is -2.59. The first kappa shape index (κ1) is 21.4. The molecule has 0 amide bonds. The summed E-state index contributed by atoms with van der Waals surface area (Å²) in [5.41, 5.74) is 2.66. The molecular weight excluding hydrogens is 456 g/mol. The number of anilines is 1. The van der Waals surface area contributed by atoms with E-state index >= 15 is 0 Å². The molecule has 4 aliphatic rings. The van der Waals surface area contributed by atoms with E-state index in [0.717, 1.165) is 34.3 Å². The Morgan fingerprint density at radius 3 is 2.23 bits per heavy atom. The summed E-state index contributed by atoms with van der Waals surface area (Å²) in [6.07, 6.45) is 8.20. The van der Waals surface area contributed by atoms with Crippen molar-refractivity contribution in [3.8, 4) is 0 Å². The number of hydrogen-bond donors (Lipinski definition) is 1. The van der Waals surface area contributed by atoms with Crippen LogP contribution in [-0.4, -0.2) is 29.3 Å². The quantitative estimate of drug-likeness (QED) is 0.390. The van der Waals surface area contributed by atoms with E-state index in [4.69, 9.17) is 0 Å². The van der Waals surface area contributed by atoms with Crippen molar-refractivity contribution in [3.63, 3.8) is 0 Å². The predicted molar refractivity (Wildman–Crippen MR) is 136 cm³/mol. The second kappa shape index (κ2) is 7.53. The van der Waals surface area contributed by atoms with Gasteiger partial charge < -0.3 is 5.32 Å². The number of sulfone groups is 1. The molecule has 0 saturated heterocycles. The zero-order valence-electron chi connectivity index (χ0n) is 19.9. The standard InChI is InChI=1S/C28H30N4O2S/c1-18(28-15-19-11-20(16-28)13-21(12-19)17-28)29-24-14-26-27(35(33,34)22-7-3-2-4-8-22)30-31-32(26)25-10-6-5-9-23(24)25/h2-10,14,18-21,29H,11-13,15-17H2,1H3/t18-,19?,20?,21?,28?/m0/s1. The van der Waals surface area contributed by atoms with Crippen LogP contribution < -0.4 is 5.32 Å². The molecule has 2 heterocycles. The van der Waals surface area contributed by atoms with E-state index in [0.29, 0.717) is 17.0 Å². The van der Waals surface area contributed by atoms with Crippen molar-refractivity contribution in [2.24, 2.45) is 23.2 Å². The van der Waals surface area contributed by atoms with Crippen LogP contribution in [0.4, 0.5) is 5.69 Å². The van der Waals surface area contributed by atoms with Gasteiger partial charge in [-0.25, -0.2) is 12.9 Å². The van der Waals surface area contributed by atoms with Crippen molar-refractivity contribution in [1.82, 2.24) is 14.8 Å². The lowest BCUT2D eigenvalue weighted by Crippen LogP contribution is -2.52. The van der Waals surface area contributed by atoms with Crippen molar-refractivity contribution >= 4 is 31.9 Å². The monoisotopic (exact) mass is 486 g/mol. The second-order valence-corrected chi connectivity index (χ2v) is 13.1. The highest BCUT2D eigenvalue weighted by molar-refractivity contribution is 7.91. The molecule has 1 atom stereocenters. The fourth-order valence-corrected chi connectivity index (χ4v) is 9.10. The van der Waals surface area contributed by atoms with Crippen LogP contribution in [0.1, 0.15) is 45.4 Å². The fraction of sp³-hybridized carbons (Fsp3) is 0.429. The van der Waals surface area contributed by atoms with Crippen molar-refractivity contribution in [2.45, 2.75) is 61.4 Å². The maximum atomic E-state index is 13.5. The van der Waals surface area contributed by atoms with Crippen LogP contribution in [0.5, 0.6) is 0 Å². The number of para-hydroxylation sites is 1. The molecule has 4 aliphatic carbocycles. The highest BCUT2D eigenvalue weighted by Gasteiger charge is 2.53. The molecule has 2 aromatic heterocycles. The molecule has 35 heavy (non-hydrogen) atoms. The number of nitrogens with one attached hydrogen (secondary N) is 1. The minimum Gasteiger partial charge on any atom is -0.381 e. The lowest BCUT2D eigenvalue weighted by atomic mass is 9.48. The first-order chi connectivity index (χ1) is 16.9. The first-order valence-corrected chi connectivity index (χ1v) is 14.3. The van der Waals surface area contributed by atoms with Crippen LogP contribution in [-0.2, 0) is 9.84 Å². The van der Waals surface area contributed by atoms with Gasteiger partial charge in [0.1, 0.15) is 5.52 Å². The summed E-state index contributed by atoms with van der Waals surface area (Å²) in [6.45, 7) is 2.34. The Morgan fingerprint density at radius 2 is 1.54 bits per heavy atom. The highest BCUT2D eigenvalue weighted by atomic mass is 32.2. The van der Waals surface area contributed by atoms with Crippen molar-refractivity contribution in [2.75, 3.05) is 5.32 Å². The number of hydrogen-bond acceptors (Lipinski definition) is 5. The summed E-state index contributed by atoms with van der Waals surface area (Å²) in [4.78, 5) is 0.229. The van der Waals surface area contributed by atoms with Gasteiger partial charge in [0.15, 0.2) is 0 Å². The molecule has 2 aromatic carbocycles. The van der Waals surface area contributed by atoms with E-state index in [2.05, 4.69) is 28.6 Å². The highest BCUT2D eigenvalue weighted by Crippen LogP contribution is 2.61. The Morgan fingerprint density at radius 1 is 0.914 bits per heavy atom. The Labute approximate surface area is 205 Å². The van der Waals surface area contributed by atoms with E-state index in [1.54, 1.807) is 28.8 Å². The summed E-state index contributed by atoms with van der Waals surface area (Å²) >= 11 is 0. The predicted octanol–water partition coefficient (Wildman–Crippen LogP) is 5.73. The topological polar surface area (TPSA) is 76.4 Å². The molecular formula is C28H30N4O2S. The van der Waals surface area contributed by atoms with Crippen molar-refractivity contribution in [1.29, 1.82) is 0 Å². The molecule has 6 nitrogen and oxygen atoms in total. The molecule has 0 aliphatic heterocycles. The normalized spacial score (nSPS) is 28.5. The smallest absolute Gasteiger partial charge is 0.227 e. The van der Waals surface area contributed by atoms with Crippen LogP contribution in [0, 0.1) is 23.2 Å². The van der Waals surface area contributed by atoms with Crippen molar-refractivity contribution < 1.29 is 8.42 Å². The minimum atomic E-state index is -3.80. The van der Waals surface area contributed by atoms with Crippen LogP contribution in [0.25, 0.3) is 16.4 Å². The van der Waals surface area contributed by atoms with E-state index in [1.165, 1.54) is 38.5 Å². The number of nitrogens with zero attached hydrogens (tertiary/aromatic N) is 3. The van der Waals surface area contributed by atoms with Crippen LogP contribution in [0.2, 0.25) is 0 Å². The average molecular weight is 487 g/mol.